The molecule has 2 unspecified atom stereocenters. The van der Waals surface area contributed by atoms with Gasteiger partial charge in [-0.1, -0.05) is 67.4 Å². The van der Waals surface area contributed by atoms with E-state index in [-0.39, 0.29) is 29.3 Å². The zero-order valence-corrected chi connectivity index (χ0v) is 18.2. The molecule has 0 spiro atoms. The van der Waals surface area contributed by atoms with Gasteiger partial charge in [0.1, 0.15) is 12.1 Å². The molecule has 6 nitrogen and oxygen atoms in total. The van der Waals surface area contributed by atoms with Crippen molar-refractivity contribution in [2.24, 2.45) is 5.92 Å². The molecule has 3 N–H and O–H groups in total. The third-order valence-corrected chi connectivity index (χ3v) is 4.96. The van der Waals surface area contributed by atoms with Crippen LogP contribution in [0.2, 0.25) is 10.0 Å². The minimum Gasteiger partial charge on any atom is -0.480 e. The van der Waals surface area contributed by atoms with Crippen LogP contribution < -0.4 is 10.6 Å². The predicted molar refractivity (Wildman–Crippen MR) is 117 cm³/mol. The van der Waals surface area contributed by atoms with E-state index in [0.29, 0.717) is 5.02 Å². The summed E-state index contributed by atoms with van der Waals surface area (Å²) >= 11 is 12.1. The zero-order chi connectivity index (χ0) is 22.3. The van der Waals surface area contributed by atoms with Gasteiger partial charge >= 0.3 is 5.97 Å². The molecular weight excluding hydrogens is 427 g/mol. The molecule has 0 heterocycles. The number of benzene rings is 2. The van der Waals surface area contributed by atoms with Crippen molar-refractivity contribution in [3.63, 3.8) is 0 Å². The number of carboxylic acids is 1. The van der Waals surface area contributed by atoms with Crippen LogP contribution in [0.25, 0.3) is 0 Å². The third-order valence-electron chi connectivity index (χ3n) is 4.40. The number of nitrogens with one attached hydrogen (secondary N) is 2. The molecule has 160 valence electrons. The van der Waals surface area contributed by atoms with Crippen LogP contribution in [0.5, 0.6) is 0 Å². The van der Waals surface area contributed by atoms with E-state index in [1.54, 1.807) is 6.07 Å². The fourth-order valence-electron chi connectivity index (χ4n) is 2.93. The number of rotatable bonds is 9. The summed E-state index contributed by atoms with van der Waals surface area (Å²) in [4.78, 5) is 37.2. The Bertz CT molecular complexity index is 903. The van der Waals surface area contributed by atoms with Gasteiger partial charge in [0.05, 0.1) is 10.6 Å². The van der Waals surface area contributed by atoms with Gasteiger partial charge < -0.3 is 15.7 Å². The fourth-order valence-corrected chi connectivity index (χ4v) is 3.31. The third kappa shape index (κ3) is 7.04. The molecule has 8 heteroatoms. The summed E-state index contributed by atoms with van der Waals surface area (Å²) in [5.41, 5.74) is 0.942. The van der Waals surface area contributed by atoms with E-state index in [2.05, 4.69) is 10.6 Å². The molecule has 2 rings (SSSR count). The highest BCUT2D eigenvalue weighted by Crippen LogP contribution is 2.21. The van der Waals surface area contributed by atoms with Gasteiger partial charge in [-0.3, -0.25) is 9.59 Å². The van der Waals surface area contributed by atoms with Crippen molar-refractivity contribution >= 4 is 41.0 Å². The van der Waals surface area contributed by atoms with Crippen LogP contribution in [-0.2, 0) is 16.0 Å². The van der Waals surface area contributed by atoms with Crippen molar-refractivity contribution < 1.29 is 19.5 Å². The van der Waals surface area contributed by atoms with Gasteiger partial charge in [-0.25, -0.2) is 4.79 Å². The van der Waals surface area contributed by atoms with Crippen LogP contribution in [0.15, 0.2) is 48.5 Å². The topological polar surface area (TPSA) is 95.5 Å². The summed E-state index contributed by atoms with van der Waals surface area (Å²) in [6.45, 7) is 3.74. The van der Waals surface area contributed by atoms with Crippen molar-refractivity contribution in [1.82, 2.24) is 10.6 Å². The van der Waals surface area contributed by atoms with Crippen LogP contribution in [0.4, 0.5) is 0 Å². The minimum absolute atomic E-state index is 0.0684. The van der Waals surface area contributed by atoms with Gasteiger partial charge in [-0.15, -0.1) is 0 Å². The first-order valence-electron chi connectivity index (χ1n) is 9.50. The van der Waals surface area contributed by atoms with E-state index < -0.39 is 29.9 Å². The molecule has 2 aromatic rings. The van der Waals surface area contributed by atoms with E-state index in [0.717, 1.165) is 5.56 Å². The number of carbonyl (C=O) groups excluding carboxylic acids is 2. The second-order valence-corrected chi connectivity index (χ2v) is 8.21. The van der Waals surface area contributed by atoms with Gasteiger partial charge in [-0.05, 0) is 36.1 Å². The molecular formula is C22H24Cl2N2O4. The summed E-state index contributed by atoms with van der Waals surface area (Å²) in [5.74, 6) is -2.22. The van der Waals surface area contributed by atoms with Crippen LogP contribution in [0, 0.1) is 5.92 Å². The van der Waals surface area contributed by atoms with Crippen molar-refractivity contribution in [1.29, 1.82) is 0 Å². The highest BCUT2D eigenvalue weighted by atomic mass is 35.5. The van der Waals surface area contributed by atoms with Gasteiger partial charge in [0.25, 0.3) is 5.91 Å². The lowest BCUT2D eigenvalue weighted by atomic mass is 10.0. The molecule has 0 saturated heterocycles. The van der Waals surface area contributed by atoms with Crippen LogP contribution in [0.3, 0.4) is 0 Å². The molecule has 0 aliphatic carbocycles. The molecule has 0 aliphatic rings. The van der Waals surface area contributed by atoms with E-state index in [4.69, 9.17) is 23.2 Å². The molecule has 2 atom stereocenters. The maximum absolute atomic E-state index is 12.9. The normalized spacial score (nSPS) is 12.8. The molecule has 0 aromatic heterocycles. The first kappa shape index (κ1) is 23.7. The number of aliphatic carboxylic acids is 1. The summed E-state index contributed by atoms with van der Waals surface area (Å²) in [6, 6.07) is 11.5. The monoisotopic (exact) mass is 450 g/mol. The maximum atomic E-state index is 12.9. The second-order valence-electron chi connectivity index (χ2n) is 7.37. The van der Waals surface area contributed by atoms with Gasteiger partial charge in [-0.2, -0.15) is 0 Å². The number of amides is 2. The van der Waals surface area contributed by atoms with Crippen molar-refractivity contribution in [3.05, 3.63) is 69.7 Å². The molecule has 30 heavy (non-hydrogen) atoms. The summed E-state index contributed by atoms with van der Waals surface area (Å²) in [5, 5.41) is 15.2. The Morgan fingerprint density at radius 1 is 0.967 bits per heavy atom. The molecule has 0 aliphatic heterocycles. The predicted octanol–water partition coefficient (Wildman–Crippen LogP) is 3.95. The van der Waals surface area contributed by atoms with Gasteiger partial charge in [0, 0.05) is 11.4 Å². The number of halogens is 2. The molecule has 0 radical (unpaired) electrons. The first-order valence-corrected chi connectivity index (χ1v) is 10.3. The molecule has 0 fully saturated rings. The Hall–Kier alpha value is -2.57. The quantitative estimate of drug-likeness (QED) is 0.538. The van der Waals surface area contributed by atoms with E-state index in [9.17, 15) is 19.5 Å². The minimum atomic E-state index is -1.13. The van der Waals surface area contributed by atoms with Crippen molar-refractivity contribution in [3.8, 4) is 0 Å². The Kier molecular flexibility index (Phi) is 8.69. The highest BCUT2D eigenvalue weighted by molar-refractivity contribution is 6.35. The number of carboxylic acid groups (broad SMARTS) is 1. The number of hydrogen-bond donors (Lipinski definition) is 3. The van der Waals surface area contributed by atoms with Crippen LogP contribution in [-0.4, -0.2) is 35.0 Å². The molecule has 2 aromatic carbocycles. The zero-order valence-electron chi connectivity index (χ0n) is 16.7. The van der Waals surface area contributed by atoms with E-state index in [1.165, 1.54) is 12.1 Å². The SMILES string of the molecule is CC(C)CC(NC(=O)C(Cc1ccccc1)NC(=O)c1cc(Cl)ccc1Cl)C(=O)O. The summed E-state index contributed by atoms with van der Waals surface area (Å²) in [7, 11) is 0. The van der Waals surface area contributed by atoms with Gasteiger partial charge in [0.15, 0.2) is 0 Å². The Labute approximate surface area is 185 Å². The fraction of sp³-hybridized carbons (Fsp3) is 0.318. The van der Waals surface area contributed by atoms with Crippen molar-refractivity contribution in [2.75, 3.05) is 0 Å². The Balaban J connectivity index is 2.25. The molecule has 0 bridgehead atoms. The second kappa shape index (κ2) is 11.0. The Morgan fingerprint density at radius 2 is 1.63 bits per heavy atom. The highest BCUT2D eigenvalue weighted by Gasteiger charge is 2.28. The summed E-state index contributed by atoms with van der Waals surface area (Å²) in [6.07, 6.45) is 0.456. The largest absolute Gasteiger partial charge is 0.480 e. The lowest BCUT2D eigenvalue weighted by Crippen LogP contribution is -2.52. The average molecular weight is 451 g/mol. The number of carbonyl (C=O) groups is 3. The van der Waals surface area contributed by atoms with E-state index >= 15 is 0 Å². The average Bonchev–Trinajstić information content (AvgIpc) is 2.69. The summed E-state index contributed by atoms with van der Waals surface area (Å²) < 4.78 is 0. The maximum Gasteiger partial charge on any atom is 0.326 e. The lowest BCUT2D eigenvalue weighted by Gasteiger charge is -2.23. The van der Waals surface area contributed by atoms with Gasteiger partial charge in [0.2, 0.25) is 5.91 Å². The Morgan fingerprint density at radius 3 is 2.23 bits per heavy atom. The first-order chi connectivity index (χ1) is 14.2. The molecule has 2 amide bonds. The molecule has 0 saturated carbocycles. The smallest absolute Gasteiger partial charge is 0.326 e. The number of hydrogen-bond acceptors (Lipinski definition) is 3. The van der Waals surface area contributed by atoms with Crippen LogP contribution in [0.1, 0.15) is 36.2 Å². The van der Waals surface area contributed by atoms with E-state index in [1.807, 2.05) is 44.2 Å². The van der Waals surface area contributed by atoms with Crippen molar-refractivity contribution in [2.45, 2.75) is 38.8 Å². The lowest BCUT2D eigenvalue weighted by molar-refractivity contribution is -0.142. The standard InChI is InChI=1S/C22H24Cl2N2O4/c1-13(2)10-19(22(29)30)26-21(28)18(11-14-6-4-3-5-7-14)25-20(27)16-12-15(23)8-9-17(16)24/h3-9,12-13,18-19H,10-11H2,1-2H3,(H,25,27)(H,26,28)(H,29,30). The van der Waals surface area contributed by atoms with Crippen LogP contribution >= 0.6 is 23.2 Å².